The molecule has 0 atom stereocenters. The molecule has 1 N–H and O–H groups in total. The SMILES string of the molecule is Cc1cccc(OCCOCC[NH+]2CCC(C)CC2)c1C. The summed E-state index contributed by atoms with van der Waals surface area (Å²) < 4.78 is 11.5. The van der Waals surface area contributed by atoms with Crippen molar-refractivity contribution in [2.75, 3.05) is 39.5 Å². The van der Waals surface area contributed by atoms with Crippen molar-refractivity contribution in [2.24, 2.45) is 5.92 Å². The van der Waals surface area contributed by atoms with E-state index in [0.717, 1.165) is 24.8 Å². The van der Waals surface area contributed by atoms with E-state index in [4.69, 9.17) is 9.47 Å². The van der Waals surface area contributed by atoms with Gasteiger partial charge in [-0.05, 0) is 49.8 Å². The largest absolute Gasteiger partial charge is 0.491 e. The minimum absolute atomic E-state index is 0.636. The molecule has 0 aromatic heterocycles. The summed E-state index contributed by atoms with van der Waals surface area (Å²) in [6.07, 6.45) is 2.73. The van der Waals surface area contributed by atoms with Crippen LogP contribution in [0.5, 0.6) is 5.75 Å². The van der Waals surface area contributed by atoms with Crippen LogP contribution in [0.3, 0.4) is 0 Å². The fraction of sp³-hybridized carbons (Fsp3) is 0.667. The predicted octanol–water partition coefficient (Wildman–Crippen LogP) is 2.01. The topological polar surface area (TPSA) is 22.9 Å². The number of ether oxygens (including phenoxy) is 2. The second-order valence-electron chi connectivity index (χ2n) is 6.34. The molecule has 21 heavy (non-hydrogen) atoms. The van der Waals surface area contributed by atoms with Crippen LogP contribution in [0.4, 0.5) is 0 Å². The molecule has 0 amide bonds. The summed E-state index contributed by atoms with van der Waals surface area (Å²) in [5, 5.41) is 0. The third-order valence-corrected chi connectivity index (χ3v) is 4.62. The average molecular weight is 292 g/mol. The van der Waals surface area contributed by atoms with Crippen molar-refractivity contribution in [1.82, 2.24) is 0 Å². The number of hydrogen-bond acceptors (Lipinski definition) is 2. The van der Waals surface area contributed by atoms with Gasteiger partial charge in [-0.1, -0.05) is 19.1 Å². The highest BCUT2D eigenvalue weighted by Gasteiger charge is 2.18. The van der Waals surface area contributed by atoms with Gasteiger partial charge in [-0.25, -0.2) is 0 Å². The van der Waals surface area contributed by atoms with E-state index in [1.807, 2.05) is 12.1 Å². The zero-order chi connectivity index (χ0) is 15.1. The Bertz CT molecular complexity index is 425. The molecule has 0 radical (unpaired) electrons. The van der Waals surface area contributed by atoms with Crippen molar-refractivity contribution in [3.63, 3.8) is 0 Å². The molecular formula is C18H30NO2+. The molecule has 3 heteroatoms. The maximum Gasteiger partial charge on any atom is 0.122 e. The standard InChI is InChI=1S/C18H29NO2/c1-15-7-9-19(10-8-15)11-12-20-13-14-21-18-6-4-5-16(2)17(18)3/h4-6,15H,7-14H2,1-3H3/p+1. The van der Waals surface area contributed by atoms with Crippen molar-refractivity contribution in [3.8, 4) is 5.75 Å². The molecule has 0 saturated carbocycles. The molecule has 1 aromatic carbocycles. The third-order valence-electron chi connectivity index (χ3n) is 4.62. The smallest absolute Gasteiger partial charge is 0.122 e. The van der Waals surface area contributed by atoms with Gasteiger partial charge in [0.05, 0.1) is 26.3 Å². The Hall–Kier alpha value is -1.06. The lowest BCUT2D eigenvalue weighted by molar-refractivity contribution is -0.906. The van der Waals surface area contributed by atoms with E-state index in [1.54, 1.807) is 4.90 Å². The lowest BCUT2D eigenvalue weighted by Gasteiger charge is -2.27. The molecule has 0 aliphatic carbocycles. The van der Waals surface area contributed by atoms with Crippen LogP contribution in [0.1, 0.15) is 30.9 Å². The molecule has 1 aliphatic rings. The highest BCUT2D eigenvalue weighted by Crippen LogP contribution is 2.20. The van der Waals surface area contributed by atoms with E-state index < -0.39 is 0 Å². The molecule has 1 heterocycles. The van der Waals surface area contributed by atoms with Crippen LogP contribution >= 0.6 is 0 Å². The summed E-state index contributed by atoms with van der Waals surface area (Å²) in [7, 11) is 0. The summed E-state index contributed by atoms with van der Waals surface area (Å²) in [6.45, 7) is 12.5. The predicted molar refractivity (Wildman–Crippen MR) is 86.2 cm³/mol. The highest BCUT2D eigenvalue weighted by atomic mass is 16.5. The minimum atomic E-state index is 0.636. The van der Waals surface area contributed by atoms with Crippen molar-refractivity contribution < 1.29 is 14.4 Å². The molecule has 0 spiro atoms. The molecule has 118 valence electrons. The van der Waals surface area contributed by atoms with E-state index in [2.05, 4.69) is 26.8 Å². The van der Waals surface area contributed by atoms with Crippen LogP contribution in [-0.2, 0) is 4.74 Å². The first-order valence-electron chi connectivity index (χ1n) is 8.27. The Balaban J connectivity index is 1.55. The van der Waals surface area contributed by atoms with Gasteiger partial charge >= 0.3 is 0 Å². The van der Waals surface area contributed by atoms with Crippen molar-refractivity contribution in [3.05, 3.63) is 29.3 Å². The monoisotopic (exact) mass is 292 g/mol. The zero-order valence-electron chi connectivity index (χ0n) is 13.8. The second-order valence-corrected chi connectivity index (χ2v) is 6.34. The fourth-order valence-electron chi connectivity index (χ4n) is 2.83. The first-order chi connectivity index (χ1) is 10.2. The fourth-order valence-corrected chi connectivity index (χ4v) is 2.83. The Kier molecular flexibility index (Phi) is 6.52. The molecule has 1 fully saturated rings. The maximum atomic E-state index is 5.79. The van der Waals surface area contributed by atoms with Crippen LogP contribution < -0.4 is 9.64 Å². The number of rotatable bonds is 7. The Morgan fingerprint density at radius 3 is 2.62 bits per heavy atom. The van der Waals surface area contributed by atoms with Gasteiger partial charge in [-0.3, -0.25) is 0 Å². The van der Waals surface area contributed by atoms with Crippen LogP contribution in [-0.4, -0.2) is 39.5 Å². The third kappa shape index (κ3) is 5.33. The molecule has 0 bridgehead atoms. The van der Waals surface area contributed by atoms with E-state index >= 15 is 0 Å². The quantitative estimate of drug-likeness (QED) is 0.777. The van der Waals surface area contributed by atoms with Gasteiger partial charge in [0.1, 0.15) is 18.9 Å². The lowest BCUT2D eigenvalue weighted by atomic mass is 9.99. The van der Waals surface area contributed by atoms with E-state index in [-0.39, 0.29) is 0 Å². The number of benzene rings is 1. The minimum Gasteiger partial charge on any atom is -0.491 e. The van der Waals surface area contributed by atoms with Gasteiger partial charge in [-0.2, -0.15) is 0 Å². The summed E-state index contributed by atoms with van der Waals surface area (Å²) in [5.41, 5.74) is 2.50. The van der Waals surface area contributed by atoms with Gasteiger partial charge in [0.25, 0.3) is 0 Å². The second kappa shape index (κ2) is 8.40. The van der Waals surface area contributed by atoms with E-state index in [9.17, 15) is 0 Å². The van der Waals surface area contributed by atoms with Gasteiger partial charge in [0.2, 0.25) is 0 Å². The summed E-state index contributed by atoms with van der Waals surface area (Å²) in [6, 6.07) is 6.18. The zero-order valence-corrected chi connectivity index (χ0v) is 13.8. The Morgan fingerprint density at radius 1 is 1.10 bits per heavy atom. The number of quaternary nitrogens is 1. The van der Waals surface area contributed by atoms with Crippen LogP contribution in [0.15, 0.2) is 18.2 Å². The molecular weight excluding hydrogens is 262 g/mol. The molecule has 1 aromatic rings. The number of piperidine rings is 1. The highest BCUT2D eigenvalue weighted by molar-refractivity contribution is 5.38. The van der Waals surface area contributed by atoms with Crippen LogP contribution in [0.25, 0.3) is 0 Å². The Labute approximate surface area is 129 Å². The first kappa shape index (κ1) is 16.3. The summed E-state index contributed by atoms with van der Waals surface area (Å²) in [5.74, 6) is 1.90. The average Bonchev–Trinajstić information content (AvgIpc) is 2.49. The van der Waals surface area contributed by atoms with Gasteiger partial charge in [-0.15, -0.1) is 0 Å². The number of hydrogen-bond donors (Lipinski definition) is 1. The van der Waals surface area contributed by atoms with Gasteiger partial charge in [0.15, 0.2) is 0 Å². The van der Waals surface area contributed by atoms with Crippen LogP contribution in [0.2, 0.25) is 0 Å². The van der Waals surface area contributed by atoms with E-state index in [0.29, 0.717) is 13.2 Å². The lowest BCUT2D eigenvalue weighted by Crippen LogP contribution is -3.13. The molecule has 0 unspecified atom stereocenters. The van der Waals surface area contributed by atoms with Gasteiger partial charge in [0, 0.05) is 0 Å². The number of aryl methyl sites for hydroxylation is 1. The van der Waals surface area contributed by atoms with Crippen molar-refractivity contribution in [2.45, 2.75) is 33.6 Å². The Morgan fingerprint density at radius 2 is 1.86 bits per heavy atom. The molecule has 3 nitrogen and oxygen atoms in total. The van der Waals surface area contributed by atoms with E-state index in [1.165, 1.54) is 37.1 Å². The molecule has 1 aliphatic heterocycles. The number of nitrogens with one attached hydrogen (secondary N) is 1. The van der Waals surface area contributed by atoms with Crippen molar-refractivity contribution >= 4 is 0 Å². The normalized spacial score (nSPS) is 22.2. The molecule has 2 rings (SSSR count). The van der Waals surface area contributed by atoms with Gasteiger partial charge < -0.3 is 14.4 Å². The first-order valence-corrected chi connectivity index (χ1v) is 8.27. The maximum absolute atomic E-state index is 5.79. The molecule has 1 saturated heterocycles. The summed E-state index contributed by atoms with van der Waals surface area (Å²) in [4.78, 5) is 1.70. The summed E-state index contributed by atoms with van der Waals surface area (Å²) >= 11 is 0. The number of likely N-dealkylation sites (tertiary alicyclic amines) is 1. The van der Waals surface area contributed by atoms with Crippen LogP contribution in [0, 0.1) is 19.8 Å². The van der Waals surface area contributed by atoms with Crippen molar-refractivity contribution in [1.29, 1.82) is 0 Å².